The Morgan fingerprint density at radius 3 is 2.07 bits per heavy atom. The van der Waals surface area contributed by atoms with Crippen LogP contribution in [0.2, 0.25) is 10.0 Å². The van der Waals surface area contributed by atoms with Crippen molar-refractivity contribution >= 4 is 23.2 Å². The summed E-state index contributed by atoms with van der Waals surface area (Å²) >= 11 is 12.5. The van der Waals surface area contributed by atoms with E-state index in [4.69, 9.17) is 28.3 Å². The molecule has 0 aliphatic rings. The summed E-state index contributed by atoms with van der Waals surface area (Å²) in [4.78, 5) is 0. The number of aryl methyl sites for hydroxylation is 2. The van der Waals surface area contributed by atoms with Crippen molar-refractivity contribution in [3.05, 3.63) is 99.5 Å². The highest BCUT2D eigenvalue weighted by Gasteiger charge is 2.15. The van der Waals surface area contributed by atoms with Crippen LogP contribution < -0.4 is 0 Å². The molecule has 0 atom stereocenters. The summed E-state index contributed by atoms with van der Waals surface area (Å²) in [7, 11) is 0. The second-order valence-corrected chi connectivity index (χ2v) is 7.78. The van der Waals surface area contributed by atoms with Gasteiger partial charge in [-0.2, -0.15) is 5.10 Å². The number of hydrogen-bond donors (Lipinski definition) is 0. The maximum absolute atomic E-state index is 6.43. The molecule has 0 fully saturated rings. The topological polar surface area (TPSA) is 17.8 Å². The van der Waals surface area contributed by atoms with Crippen molar-refractivity contribution in [3.63, 3.8) is 0 Å². The maximum Gasteiger partial charge on any atom is 0.0932 e. The molecule has 0 spiro atoms. The van der Waals surface area contributed by atoms with Gasteiger partial charge >= 0.3 is 0 Å². The molecule has 0 saturated heterocycles. The minimum Gasteiger partial charge on any atom is -0.260 e. The van der Waals surface area contributed by atoms with Gasteiger partial charge in [-0.25, -0.2) is 0 Å². The van der Waals surface area contributed by atoms with Gasteiger partial charge in [-0.1, -0.05) is 77.8 Å². The van der Waals surface area contributed by atoms with Crippen LogP contribution in [0.25, 0.3) is 22.5 Å². The molecule has 0 amide bonds. The van der Waals surface area contributed by atoms with E-state index in [1.807, 2.05) is 28.9 Å². The van der Waals surface area contributed by atoms with E-state index in [2.05, 4.69) is 56.3 Å². The number of rotatable bonds is 4. The smallest absolute Gasteiger partial charge is 0.0932 e. The Balaban J connectivity index is 1.86. The molecule has 0 aliphatic carbocycles. The fraction of sp³-hybridized carbons (Fsp3) is 0.125. The van der Waals surface area contributed by atoms with E-state index in [1.165, 1.54) is 16.7 Å². The minimum atomic E-state index is 0.575. The first-order valence-corrected chi connectivity index (χ1v) is 9.92. The molecule has 140 valence electrons. The molecular formula is C24H20Cl2N2. The molecule has 2 nitrogen and oxygen atoms in total. The third-order valence-corrected chi connectivity index (χ3v) is 5.54. The van der Waals surface area contributed by atoms with Gasteiger partial charge in [-0.05, 0) is 48.7 Å². The van der Waals surface area contributed by atoms with Gasteiger partial charge in [0.2, 0.25) is 0 Å². The summed E-state index contributed by atoms with van der Waals surface area (Å²) in [6.07, 6.45) is 0. The fourth-order valence-electron chi connectivity index (χ4n) is 3.42. The van der Waals surface area contributed by atoms with Crippen molar-refractivity contribution in [2.24, 2.45) is 0 Å². The van der Waals surface area contributed by atoms with Crippen LogP contribution in [0.15, 0.2) is 72.8 Å². The highest BCUT2D eigenvalue weighted by molar-refractivity contribution is 6.35. The molecule has 0 unspecified atom stereocenters. The van der Waals surface area contributed by atoms with Crippen LogP contribution >= 0.6 is 23.2 Å². The number of hydrogen-bond acceptors (Lipinski definition) is 1. The van der Waals surface area contributed by atoms with Gasteiger partial charge < -0.3 is 0 Å². The fourth-order valence-corrected chi connectivity index (χ4v) is 3.89. The first-order chi connectivity index (χ1) is 13.5. The third kappa shape index (κ3) is 3.71. The SMILES string of the molecule is Cc1ccccc1-c1cc(-c2ccccc2C)n(Cc2ccc(Cl)cc2Cl)n1. The summed E-state index contributed by atoms with van der Waals surface area (Å²) in [6.45, 7) is 4.80. The molecular weight excluding hydrogens is 387 g/mol. The van der Waals surface area contributed by atoms with Gasteiger partial charge in [0.15, 0.2) is 0 Å². The Morgan fingerprint density at radius 1 is 0.786 bits per heavy atom. The van der Waals surface area contributed by atoms with Crippen LogP contribution in [0.1, 0.15) is 16.7 Å². The summed E-state index contributed by atoms with van der Waals surface area (Å²) < 4.78 is 2.03. The lowest BCUT2D eigenvalue weighted by Crippen LogP contribution is -2.05. The van der Waals surface area contributed by atoms with Gasteiger partial charge in [0.1, 0.15) is 0 Å². The lowest BCUT2D eigenvalue weighted by atomic mass is 10.0. The predicted molar refractivity (Wildman–Crippen MR) is 118 cm³/mol. The lowest BCUT2D eigenvalue weighted by molar-refractivity contribution is 0.696. The predicted octanol–water partition coefficient (Wildman–Crippen LogP) is 7.19. The molecule has 0 radical (unpaired) electrons. The molecule has 28 heavy (non-hydrogen) atoms. The first kappa shape index (κ1) is 18.8. The van der Waals surface area contributed by atoms with Crippen LogP contribution in [0, 0.1) is 13.8 Å². The Hall–Kier alpha value is -2.55. The molecule has 0 bridgehead atoms. The molecule has 4 heteroatoms. The summed E-state index contributed by atoms with van der Waals surface area (Å²) in [5, 5.41) is 6.23. The third-order valence-electron chi connectivity index (χ3n) is 4.96. The van der Waals surface area contributed by atoms with Crippen LogP contribution in [0.3, 0.4) is 0 Å². The highest BCUT2D eigenvalue weighted by Crippen LogP contribution is 2.31. The van der Waals surface area contributed by atoms with Gasteiger partial charge in [0.05, 0.1) is 17.9 Å². The monoisotopic (exact) mass is 406 g/mol. The van der Waals surface area contributed by atoms with Crippen LogP contribution in [-0.4, -0.2) is 9.78 Å². The van der Waals surface area contributed by atoms with E-state index in [0.717, 1.165) is 22.5 Å². The van der Waals surface area contributed by atoms with E-state index in [-0.39, 0.29) is 0 Å². The lowest BCUT2D eigenvalue weighted by Gasteiger charge is -2.11. The summed E-state index contributed by atoms with van der Waals surface area (Å²) in [6, 6.07) is 24.4. The molecule has 3 aromatic carbocycles. The minimum absolute atomic E-state index is 0.575. The molecule has 0 aliphatic heterocycles. The standard InChI is InChI=1S/C24H20Cl2N2/c1-16-7-3-5-9-20(16)23-14-24(21-10-6-4-8-17(21)2)28(27-23)15-18-11-12-19(25)13-22(18)26/h3-14H,15H2,1-2H3. The molecule has 1 heterocycles. The zero-order valence-electron chi connectivity index (χ0n) is 15.8. The molecule has 0 saturated carbocycles. The number of benzene rings is 3. The molecule has 4 rings (SSSR count). The van der Waals surface area contributed by atoms with E-state index < -0.39 is 0 Å². The summed E-state index contributed by atoms with van der Waals surface area (Å²) in [5.74, 6) is 0. The van der Waals surface area contributed by atoms with Crippen molar-refractivity contribution in [3.8, 4) is 22.5 Å². The molecule has 4 aromatic rings. The van der Waals surface area contributed by atoms with Crippen molar-refractivity contribution in [2.45, 2.75) is 20.4 Å². The zero-order chi connectivity index (χ0) is 19.7. The number of aromatic nitrogens is 2. The average molecular weight is 407 g/mol. The Kier molecular flexibility index (Phi) is 5.25. The summed E-state index contributed by atoms with van der Waals surface area (Å²) in [5.41, 5.74) is 7.73. The highest BCUT2D eigenvalue weighted by atomic mass is 35.5. The Labute approximate surface area is 175 Å². The molecule has 0 N–H and O–H groups in total. The van der Waals surface area contributed by atoms with Crippen molar-refractivity contribution in [1.82, 2.24) is 9.78 Å². The zero-order valence-corrected chi connectivity index (χ0v) is 17.3. The Bertz CT molecular complexity index is 1150. The van der Waals surface area contributed by atoms with E-state index in [9.17, 15) is 0 Å². The largest absolute Gasteiger partial charge is 0.260 e. The first-order valence-electron chi connectivity index (χ1n) is 9.17. The normalized spacial score (nSPS) is 11.0. The second kappa shape index (κ2) is 7.83. The van der Waals surface area contributed by atoms with E-state index >= 15 is 0 Å². The van der Waals surface area contributed by atoms with Gasteiger partial charge in [0, 0.05) is 21.2 Å². The van der Waals surface area contributed by atoms with Gasteiger partial charge in [0.25, 0.3) is 0 Å². The van der Waals surface area contributed by atoms with Crippen LogP contribution in [0.5, 0.6) is 0 Å². The second-order valence-electron chi connectivity index (χ2n) is 6.94. The number of halogens is 2. The maximum atomic E-state index is 6.43. The van der Waals surface area contributed by atoms with Crippen molar-refractivity contribution in [2.75, 3.05) is 0 Å². The van der Waals surface area contributed by atoms with Crippen molar-refractivity contribution < 1.29 is 0 Å². The van der Waals surface area contributed by atoms with Gasteiger partial charge in [-0.3, -0.25) is 4.68 Å². The Morgan fingerprint density at radius 2 is 1.43 bits per heavy atom. The van der Waals surface area contributed by atoms with E-state index in [1.54, 1.807) is 6.07 Å². The van der Waals surface area contributed by atoms with Crippen LogP contribution in [-0.2, 0) is 6.54 Å². The number of nitrogens with zero attached hydrogens (tertiary/aromatic N) is 2. The average Bonchev–Trinajstić information content (AvgIpc) is 3.08. The van der Waals surface area contributed by atoms with Crippen molar-refractivity contribution in [1.29, 1.82) is 0 Å². The quantitative estimate of drug-likeness (QED) is 0.350. The van der Waals surface area contributed by atoms with Gasteiger partial charge in [-0.15, -0.1) is 0 Å². The molecule has 1 aromatic heterocycles. The van der Waals surface area contributed by atoms with E-state index in [0.29, 0.717) is 16.6 Å². The van der Waals surface area contributed by atoms with Crippen LogP contribution in [0.4, 0.5) is 0 Å².